The SMILES string of the molecule is C[C@@H]1CCCC[C@H]1NC(=O)CN1CCC(NC(=O)c2cccc(F)c2)CC1. The zero-order valence-corrected chi connectivity index (χ0v) is 16.0. The van der Waals surface area contributed by atoms with Crippen LogP contribution in [0, 0.1) is 11.7 Å². The first-order chi connectivity index (χ1) is 13.0. The van der Waals surface area contributed by atoms with E-state index in [1.54, 1.807) is 12.1 Å². The molecular weight excluding hydrogens is 345 g/mol. The summed E-state index contributed by atoms with van der Waals surface area (Å²) in [6.07, 6.45) is 6.35. The van der Waals surface area contributed by atoms with E-state index >= 15 is 0 Å². The molecule has 1 aliphatic carbocycles. The molecule has 1 heterocycles. The number of hydrogen-bond donors (Lipinski definition) is 2. The molecule has 0 spiro atoms. The molecule has 1 aliphatic heterocycles. The molecule has 1 saturated heterocycles. The lowest BCUT2D eigenvalue weighted by Crippen LogP contribution is -2.49. The fraction of sp³-hybridized carbons (Fsp3) is 0.619. The van der Waals surface area contributed by atoms with Crippen LogP contribution < -0.4 is 10.6 Å². The fourth-order valence-electron chi connectivity index (χ4n) is 4.12. The van der Waals surface area contributed by atoms with Gasteiger partial charge >= 0.3 is 0 Å². The normalized spacial score (nSPS) is 24.4. The Kier molecular flexibility index (Phi) is 6.83. The van der Waals surface area contributed by atoms with Crippen LogP contribution in [0.2, 0.25) is 0 Å². The number of carbonyl (C=O) groups is 2. The van der Waals surface area contributed by atoms with Crippen LogP contribution in [0.4, 0.5) is 4.39 Å². The molecule has 1 aromatic carbocycles. The number of hydrogen-bond acceptors (Lipinski definition) is 3. The van der Waals surface area contributed by atoms with Crippen molar-refractivity contribution < 1.29 is 14.0 Å². The first kappa shape index (κ1) is 19.8. The van der Waals surface area contributed by atoms with E-state index in [2.05, 4.69) is 22.5 Å². The number of carbonyl (C=O) groups excluding carboxylic acids is 2. The zero-order valence-electron chi connectivity index (χ0n) is 16.0. The Bertz CT molecular complexity index is 659. The molecule has 0 aromatic heterocycles. The van der Waals surface area contributed by atoms with Crippen molar-refractivity contribution in [1.82, 2.24) is 15.5 Å². The van der Waals surface area contributed by atoms with Crippen molar-refractivity contribution in [2.75, 3.05) is 19.6 Å². The predicted molar refractivity (Wildman–Crippen MR) is 103 cm³/mol. The second-order valence-corrected chi connectivity index (χ2v) is 7.97. The van der Waals surface area contributed by atoms with Crippen molar-refractivity contribution in [3.63, 3.8) is 0 Å². The number of rotatable bonds is 5. The molecule has 1 aromatic rings. The van der Waals surface area contributed by atoms with Gasteiger partial charge in [-0.1, -0.05) is 25.8 Å². The van der Waals surface area contributed by atoms with Gasteiger partial charge in [0.1, 0.15) is 5.82 Å². The molecule has 148 valence electrons. The first-order valence-corrected chi connectivity index (χ1v) is 10.1. The van der Waals surface area contributed by atoms with Gasteiger partial charge in [-0.25, -0.2) is 4.39 Å². The van der Waals surface area contributed by atoms with Crippen molar-refractivity contribution in [2.24, 2.45) is 5.92 Å². The van der Waals surface area contributed by atoms with Gasteiger partial charge in [-0.15, -0.1) is 0 Å². The van der Waals surface area contributed by atoms with E-state index in [0.717, 1.165) is 32.4 Å². The van der Waals surface area contributed by atoms with Crippen molar-refractivity contribution in [3.8, 4) is 0 Å². The number of halogens is 1. The average Bonchev–Trinajstić information content (AvgIpc) is 2.65. The highest BCUT2D eigenvalue weighted by molar-refractivity contribution is 5.94. The lowest BCUT2D eigenvalue weighted by molar-refractivity contribution is -0.123. The quantitative estimate of drug-likeness (QED) is 0.832. The summed E-state index contributed by atoms with van der Waals surface area (Å²) < 4.78 is 13.2. The van der Waals surface area contributed by atoms with E-state index in [1.165, 1.54) is 31.4 Å². The molecule has 5 nitrogen and oxygen atoms in total. The summed E-state index contributed by atoms with van der Waals surface area (Å²) >= 11 is 0. The average molecular weight is 375 g/mol. The van der Waals surface area contributed by atoms with Gasteiger partial charge in [-0.05, 0) is 49.8 Å². The Morgan fingerprint density at radius 3 is 2.56 bits per heavy atom. The molecule has 0 unspecified atom stereocenters. The number of piperidine rings is 1. The van der Waals surface area contributed by atoms with Gasteiger partial charge in [-0.2, -0.15) is 0 Å². The highest BCUT2D eigenvalue weighted by atomic mass is 19.1. The van der Waals surface area contributed by atoms with Crippen LogP contribution in [0.3, 0.4) is 0 Å². The number of nitrogens with one attached hydrogen (secondary N) is 2. The van der Waals surface area contributed by atoms with Crippen LogP contribution in [0.1, 0.15) is 55.8 Å². The molecule has 2 amide bonds. The van der Waals surface area contributed by atoms with Crippen LogP contribution >= 0.6 is 0 Å². The number of benzene rings is 1. The second kappa shape index (κ2) is 9.31. The Morgan fingerprint density at radius 2 is 1.85 bits per heavy atom. The van der Waals surface area contributed by atoms with Crippen molar-refractivity contribution >= 4 is 11.8 Å². The minimum Gasteiger partial charge on any atom is -0.352 e. The third kappa shape index (κ3) is 5.76. The number of nitrogens with zero attached hydrogens (tertiary/aromatic N) is 1. The van der Waals surface area contributed by atoms with Crippen LogP contribution in [0.15, 0.2) is 24.3 Å². The van der Waals surface area contributed by atoms with E-state index in [1.807, 2.05) is 0 Å². The Hall–Kier alpha value is -1.95. The predicted octanol–water partition coefficient (Wildman–Crippen LogP) is 2.71. The van der Waals surface area contributed by atoms with Gasteiger partial charge in [0, 0.05) is 30.7 Å². The summed E-state index contributed by atoms with van der Waals surface area (Å²) in [5.74, 6) is 0.0233. The van der Waals surface area contributed by atoms with E-state index < -0.39 is 5.82 Å². The molecule has 3 rings (SSSR count). The van der Waals surface area contributed by atoms with Crippen LogP contribution in [0.25, 0.3) is 0 Å². The van der Waals surface area contributed by atoms with E-state index in [0.29, 0.717) is 24.1 Å². The topological polar surface area (TPSA) is 61.4 Å². The third-order valence-electron chi connectivity index (χ3n) is 5.83. The summed E-state index contributed by atoms with van der Waals surface area (Å²) in [5.41, 5.74) is 0.346. The standard InChI is InChI=1S/C21H30FN3O2/c1-15-5-2-3-8-19(15)24-20(26)14-25-11-9-18(10-12-25)23-21(27)16-6-4-7-17(22)13-16/h4,6-7,13,15,18-19H,2-3,5,8-12,14H2,1H3,(H,23,27)(H,24,26)/t15-,19-/m1/s1. The highest BCUT2D eigenvalue weighted by Gasteiger charge is 2.26. The fourth-order valence-corrected chi connectivity index (χ4v) is 4.12. The Morgan fingerprint density at radius 1 is 1.11 bits per heavy atom. The van der Waals surface area contributed by atoms with E-state index in [9.17, 15) is 14.0 Å². The summed E-state index contributed by atoms with van der Waals surface area (Å²) in [7, 11) is 0. The molecule has 0 bridgehead atoms. The van der Waals surface area contributed by atoms with Gasteiger partial charge in [0.25, 0.3) is 5.91 Å². The lowest BCUT2D eigenvalue weighted by Gasteiger charge is -2.33. The minimum absolute atomic E-state index is 0.0680. The van der Waals surface area contributed by atoms with E-state index in [4.69, 9.17) is 0 Å². The third-order valence-corrected chi connectivity index (χ3v) is 5.83. The molecule has 6 heteroatoms. The summed E-state index contributed by atoms with van der Waals surface area (Å²) in [5, 5.41) is 6.18. The highest BCUT2D eigenvalue weighted by Crippen LogP contribution is 2.23. The molecule has 27 heavy (non-hydrogen) atoms. The van der Waals surface area contributed by atoms with Gasteiger partial charge in [0.2, 0.25) is 5.91 Å². The molecule has 0 radical (unpaired) electrons. The maximum absolute atomic E-state index is 13.2. The van der Waals surface area contributed by atoms with Gasteiger partial charge in [0.15, 0.2) is 0 Å². The Balaban J connectivity index is 1.39. The molecule has 2 fully saturated rings. The van der Waals surface area contributed by atoms with Gasteiger partial charge in [0.05, 0.1) is 6.54 Å². The minimum atomic E-state index is -0.407. The maximum Gasteiger partial charge on any atom is 0.251 e. The van der Waals surface area contributed by atoms with Gasteiger partial charge in [-0.3, -0.25) is 14.5 Å². The zero-order chi connectivity index (χ0) is 19.2. The van der Waals surface area contributed by atoms with Gasteiger partial charge < -0.3 is 10.6 Å². The van der Waals surface area contributed by atoms with Crippen molar-refractivity contribution in [1.29, 1.82) is 0 Å². The van der Waals surface area contributed by atoms with Crippen molar-refractivity contribution in [3.05, 3.63) is 35.6 Å². The van der Waals surface area contributed by atoms with Crippen LogP contribution in [-0.2, 0) is 4.79 Å². The van der Waals surface area contributed by atoms with Crippen LogP contribution in [-0.4, -0.2) is 48.4 Å². The molecular formula is C21H30FN3O2. The second-order valence-electron chi connectivity index (χ2n) is 7.97. The molecule has 2 atom stereocenters. The molecule has 2 aliphatic rings. The lowest BCUT2D eigenvalue weighted by atomic mass is 9.86. The van der Waals surface area contributed by atoms with E-state index in [-0.39, 0.29) is 17.9 Å². The Labute approximate surface area is 160 Å². The summed E-state index contributed by atoms with van der Waals surface area (Å²) in [6, 6.07) is 6.12. The maximum atomic E-state index is 13.2. The number of likely N-dealkylation sites (tertiary alicyclic amines) is 1. The monoisotopic (exact) mass is 375 g/mol. The number of amides is 2. The largest absolute Gasteiger partial charge is 0.352 e. The van der Waals surface area contributed by atoms with Crippen molar-refractivity contribution in [2.45, 2.75) is 57.5 Å². The van der Waals surface area contributed by atoms with Crippen LogP contribution in [0.5, 0.6) is 0 Å². The molecule has 1 saturated carbocycles. The first-order valence-electron chi connectivity index (χ1n) is 10.1. The summed E-state index contributed by atoms with van der Waals surface area (Å²) in [4.78, 5) is 26.7. The smallest absolute Gasteiger partial charge is 0.251 e. The molecule has 2 N–H and O–H groups in total. The summed E-state index contributed by atoms with van der Waals surface area (Å²) in [6.45, 7) is 4.20.